The van der Waals surface area contributed by atoms with Crippen LogP contribution in [0.1, 0.15) is 32.0 Å². The number of pyridine rings is 1. The molecular formula is C17H22N2O. The monoisotopic (exact) mass is 270 g/mol. The van der Waals surface area contributed by atoms with Crippen molar-refractivity contribution < 1.29 is 4.79 Å². The van der Waals surface area contributed by atoms with Gasteiger partial charge < -0.3 is 5.73 Å². The summed E-state index contributed by atoms with van der Waals surface area (Å²) in [5.74, 6) is -0.703. The molecule has 2 rings (SSSR count). The van der Waals surface area contributed by atoms with Gasteiger partial charge in [0.25, 0.3) is 0 Å². The van der Waals surface area contributed by atoms with Crippen molar-refractivity contribution in [2.24, 2.45) is 17.1 Å². The zero-order valence-electron chi connectivity index (χ0n) is 12.6. The summed E-state index contributed by atoms with van der Waals surface area (Å²) in [7, 11) is 0. The predicted molar refractivity (Wildman–Crippen MR) is 81.1 cm³/mol. The summed E-state index contributed by atoms with van der Waals surface area (Å²) in [5.41, 5.74) is 6.95. The Hall–Kier alpha value is -1.90. The lowest BCUT2D eigenvalue weighted by Gasteiger charge is -2.46. The Kier molecular flexibility index (Phi) is 3.55. The second-order valence-electron chi connectivity index (χ2n) is 6.46. The molecule has 2 N–H and O–H groups in total. The average Bonchev–Trinajstić information content (AvgIpc) is 2.38. The summed E-state index contributed by atoms with van der Waals surface area (Å²) in [4.78, 5) is 16.5. The first kappa shape index (κ1) is 14.5. The molecule has 1 aromatic rings. The van der Waals surface area contributed by atoms with E-state index in [0.29, 0.717) is 0 Å². The lowest BCUT2D eigenvalue weighted by atomic mass is 9.56. The summed E-state index contributed by atoms with van der Waals surface area (Å²) >= 11 is 0. The van der Waals surface area contributed by atoms with E-state index >= 15 is 0 Å². The smallest absolute Gasteiger partial charge is 0.225 e. The molecule has 106 valence electrons. The van der Waals surface area contributed by atoms with E-state index in [2.05, 4.69) is 31.8 Å². The molecule has 0 bridgehead atoms. The Morgan fingerprint density at radius 3 is 2.50 bits per heavy atom. The van der Waals surface area contributed by atoms with Gasteiger partial charge in [0.05, 0.1) is 17.0 Å². The number of rotatable bonds is 2. The van der Waals surface area contributed by atoms with Gasteiger partial charge in [-0.15, -0.1) is 0 Å². The third-order valence-electron chi connectivity index (χ3n) is 4.15. The summed E-state index contributed by atoms with van der Waals surface area (Å²) in [6, 6.07) is 4.03. The molecule has 2 unspecified atom stereocenters. The molecular weight excluding hydrogens is 248 g/mol. The number of hydrogen-bond donors (Lipinski definition) is 1. The molecule has 20 heavy (non-hydrogen) atoms. The first-order chi connectivity index (χ1) is 9.29. The van der Waals surface area contributed by atoms with Crippen molar-refractivity contribution in [3.63, 3.8) is 0 Å². The molecule has 0 saturated heterocycles. The number of aryl methyl sites for hydroxylation is 1. The van der Waals surface area contributed by atoms with Crippen LogP contribution in [0, 0.1) is 18.3 Å². The molecule has 0 spiro atoms. The first-order valence-corrected chi connectivity index (χ1v) is 6.87. The Morgan fingerprint density at radius 2 is 2.00 bits per heavy atom. The molecule has 3 nitrogen and oxygen atoms in total. The molecule has 0 aliphatic heterocycles. The fourth-order valence-electron chi connectivity index (χ4n) is 3.02. The Bertz CT molecular complexity index is 564. The van der Waals surface area contributed by atoms with E-state index in [1.165, 1.54) is 0 Å². The van der Waals surface area contributed by atoms with Crippen LogP contribution in [-0.4, -0.2) is 10.9 Å². The minimum atomic E-state index is -0.513. The number of hydrogen-bond acceptors (Lipinski definition) is 2. The van der Waals surface area contributed by atoms with Gasteiger partial charge in [0.2, 0.25) is 5.91 Å². The van der Waals surface area contributed by atoms with Crippen LogP contribution in [0.5, 0.6) is 0 Å². The van der Waals surface area contributed by atoms with E-state index in [1.54, 1.807) is 0 Å². The maximum absolute atomic E-state index is 12.0. The minimum absolute atomic E-state index is 0.184. The lowest BCUT2D eigenvalue weighted by Crippen LogP contribution is -2.50. The highest BCUT2D eigenvalue weighted by Crippen LogP contribution is 2.49. The highest BCUT2D eigenvalue weighted by atomic mass is 16.1. The highest BCUT2D eigenvalue weighted by molar-refractivity contribution is 5.82. The molecule has 1 aliphatic carbocycles. The fourth-order valence-corrected chi connectivity index (χ4v) is 3.02. The number of carbonyl (C=O) groups is 1. The van der Waals surface area contributed by atoms with Gasteiger partial charge in [0.15, 0.2) is 0 Å². The molecule has 0 radical (unpaired) electrons. The number of aromatic nitrogens is 1. The summed E-state index contributed by atoms with van der Waals surface area (Å²) < 4.78 is 0. The van der Waals surface area contributed by atoms with Crippen molar-refractivity contribution >= 4 is 5.91 Å². The van der Waals surface area contributed by atoms with Crippen molar-refractivity contribution in [3.8, 4) is 0 Å². The van der Waals surface area contributed by atoms with Crippen molar-refractivity contribution in [3.05, 3.63) is 53.9 Å². The molecule has 1 aromatic heterocycles. The van der Waals surface area contributed by atoms with Crippen LogP contribution >= 0.6 is 0 Å². The fraction of sp³-hybridized carbons (Fsp3) is 0.412. The second-order valence-corrected chi connectivity index (χ2v) is 6.46. The first-order valence-electron chi connectivity index (χ1n) is 6.87. The maximum atomic E-state index is 12.0. The van der Waals surface area contributed by atoms with Crippen LogP contribution in [-0.2, 0) is 10.2 Å². The van der Waals surface area contributed by atoms with Gasteiger partial charge in [-0.25, -0.2) is 0 Å². The number of carbonyl (C=O) groups excluding carboxylic acids is 1. The van der Waals surface area contributed by atoms with Gasteiger partial charge in [0, 0.05) is 6.20 Å². The molecule has 0 aromatic carbocycles. The predicted octanol–water partition coefficient (Wildman–Crippen LogP) is 2.90. The van der Waals surface area contributed by atoms with Gasteiger partial charge >= 0.3 is 0 Å². The van der Waals surface area contributed by atoms with Gasteiger partial charge in [-0.1, -0.05) is 51.1 Å². The molecule has 1 amide bonds. The van der Waals surface area contributed by atoms with Crippen molar-refractivity contribution in [2.45, 2.75) is 33.1 Å². The molecule has 2 atom stereocenters. The average molecular weight is 270 g/mol. The number of primary amides is 1. The van der Waals surface area contributed by atoms with E-state index in [0.717, 1.165) is 11.3 Å². The number of amides is 1. The second kappa shape index (κ2) is 4.89. The maximum Gasteiger partial charge on any atom is 0.225 e. The molecule has 1 aliphatic rings. The van der Waals surface area contributed by atoms with Crippen LogP contribution in [0.15, 0.2) is 42.6 Å². The van der Waals surface area contributed by atoms with Crippen LogP contribution in [0.25, 0.3) is 0 Å². The van der Waals surface area contributed by atoms with Crippen LogP contribution in [0.4, 0.5) is 0 Å². The largest absolute Gasteiger partial charge is 0.369 e. The third kappa shape index (κ3) is 2.17. The van der Waals surface area contributed by atoms with E-state index < -0.39 is 5.41 Å². The molecule has 3 heteroatoms. The van der Waals surface area contributed by atoms with Gasteiger partial charge in [-0.2, -0.15) is 0 Å². The number of nitrogens with zero attached hydrogens (tertiary/aromatic N) is 1. The SMILES string of the molecule is Cc1ccc(C2(C(C)(C)C)C=CC=CC2C(N)=O)nc1. The molecule has 0 saturated carbocycles. The van der Waals surface area contributed by atoms with E-state index in [4.69, 9.17) is 5.73 Å². The normalized spacial score (nSPS) is 25.7. The molecule has 0 fully saturated rings. The Morgan fingerprint density at radius 1 is 1.30 bits per heavy atom. The quantitative estimate of drug-likeness (QED) is 0.898. The van der Waals surface area contributed by atoms with Crippen molar-refractivity contribution in [2.75, 3.05) is 0 Å². The Labute approximate surface area is 120 Å². The van der Waals surface area contributed by atoms with E-state index in [9.17, 15) is 4.79 Å². The van der Waals surface area contributed by atoms with E-state index in [-0.39, 0.29) is 17.2 Å². The Balaban J connectivity index is 2.68. The van der Waals surface area contributed by atoms with Crippen molar-refractivity contribution in [1.82, 2.24) is 4.98 Å². The topological polar surface area (TPSA) is 56.0 Å². The van der Waals surface area contributed by atoms with Crippen molar-refractivity contribution in [1.29, 1.82) is 0 Å². The lowest BCUT2D eigenvalue weighted by molar-refractivity contribution is -0.123. The van der Waals surface area contributed by atoms with Gasteiger partial charge in [-0.3, -0.25) is 9.78 Å². The highest BCUT2D eigenvalue weighted by Gasteiger charge is 2.50. The van der Waals surface area contributed by atoms with Crippen LogP contribution < -0.4 is 5.73 Å². The standard InChI is InChI=1S/C17H22N2O/c1-12-8-9-14(19-11-12)17(16(2,3)4)10-6-5-7-13(17)15(18)20/h5-11,13H,1-4H3,(H2,18,20). The zero-order chi connectivity index (χ0) is 15.0. The van der Waals surface area contributed by atoms with Gasteiger partial charge in [-0.05, 0) is 24.0 Å². The molecule has 1 heterocycles. The van der Waals surface area contributed by atoms with Gasteiger partial charge in [0.1, 0.15) is 0 Å². The summed E-state index contributed by atoms with van der Waals surface area (Å²) in [6.45, 7) is 8.36. The number of nitrogens with two attached hydrogens (primary N) is 1. The summed E-state index contributed by atoms with van der Waals surface area (Å²) in [5, 5.41) is 0. The number of allylic oxidation sites excluding steroid dienone is 3. The van der Waals surface area contributed by atoms with Crippen LogP contribution in [0.2, 0.25) is 0 Å². The minimum Gasteiger partial charge on any atom is -0.369 e. The van der Waals surface area contributed by atoms with Crippen LogP contribution in [0.3, 0.4) is 0 Å². The third-order valence-corrected chi connectivity index (χ3v) is 4.15. The summed E-state index contributed by atoms with van der Waals surface area (Å²) in [6.07, 6.45) is 9.65. The van der Waals surface area contributed by atoms with E-state index in [1.807, 2.05) is 43.5 Å². The zero-order valence-corrected chi connectivity index (χ0v) is 12.6.